The Labute approximate surface area is 178 Å². The molecule has 0 aliphatic carbocycles. The molecule has 7 nitrogen and oxygen atoms in total. The number of esters is 1. The zero-order valence-electron chi connectivity index (χ0n) is 16.6. The van der Waals surface area contributed by atoms with Gasteiger partial charge in [0.2, 0.25) is 0 Å². The van der Waals surface area contributed by atoms with Crippen molar-refractivity contribution in [3.8, 4) is 10.7 Å². The summed E-state index contributed by atoms with van der Waals surface area (Å²) in [6.07, 6.45) is 2.34. The molecule has 2 heterocycles. The Morgan fingerprint density at radius 3 is 2.57 bits per heavy atom. The van der Waals surface area contributed by atoms with Crippen LogP contribution in [0.15, 0.2) is 49.1 Å². The molecular weight excluding hydrogens is 402 g/mol. The second-order valence-corrected chi connectivity index (χ2v) is 7.58. The molecule has 1 aromatic carbocycles. The highest BCUT2D eigenvalue weighted by Gasteiger charge is 2.16. The number of aromatic nitrogens is 2. The lowest BCUT2D eigenvalue weighted by molar-refractivity contribution is -0.136. The molecule has 0 radical (unpaired) electrons. The number of hydrogen-bond acceptors (Lipinski definition) is 7. The molecule has 0 saturated carbocycles. The maximum atomic E-state index is 11.8. The number of ether oxygens (including phenoxy) is 1. The first-order valence-corrected chi connectivity index (χ1v) is 9.97. The minimum Gasteiger partial charge on any atom is -0.481 e. The Morgan fingerprint density at radius 1 is 1.20 bits per heavy atom. The number of nitrogens with one attached hydrogen (secondary N) is 1. The predicted molar refractivity (Wildman–Crippen MR) is 116 cm³/mol. The number of rotatable bonds is 8. The van der Waals surface area contributed by atoms with Gasteiger partial charge >= 0.3 is 11.9 Å². The smallest absolute Gasteiger partial charge is 0.348 e. The first kappa shape index (κ1) is 21.2. The van der Waals surface area contributed by atoms with E-state index in [1.54, 1.807) is 30.3 Å². The number of aliphatic carboxylic acids is 1. The largest absolute Gasteiger partial charge is 0.481 e. The molecule has 30 heavy (non-hydrogen) atoms. The fraction of sp³-hybridized carbons (Fsp3) is 0.182. The molecular formula is C22H21N3O4S. The van der Waals surface area contributed by atoms with E-state index in [1.165, 1.54) is 18.4 Å². The maximum absolute atomic E-state index is 11.8. The molecule has 2 aromatic heterocycles. The van der Waals surface area contributed by atoms with Crippen LogP contribution in [0.25, 0.3) is 10.7 Å². The summed E-state index contributed by atoms with van der Waals surface area (Å²) in [5, 5.41) is 12.2. The van der Waals surface area contributed by atoms with E-state index in [9.17, 15) is 9.59 Å². The van der Waals surface area contributed by atoms with Gasteiger partial charge in [-0.3, -0.25) is 4.79 Å². The summed E-state index contributed by atoms with van der Waals surface area (Å²) in [7, 11) is 1.34. The lowest BCUT2D eigenvalue weighted by Gasteiger charge is -2.14. The number of carboxylic acid groups (broad SMARTS) is 1. The number of anilines is 2. The highest BCUT2D eigenvalue weighted by atomic mass is 32.1. The highest BCUT2D eigenvalue weighted by Crippen LogP contribution is 2.30. The van der Waals surface area contributed by atoms with Crippen LogP contribution in [0, 0.1) is 6.92 Å². The summed E-state index contributed by atoms with van der Waals surface area (Å²) in [5.41, 5.74) is 3.21. The Balaban J connectivity index is 1.95. The normalized spacial score (nSPS) is 10.5. The van der Waals surface area contributed by atoms with E-state index < -0.39 is 11.9 Å². The van der Waals surface area contributed by atoms with Crippen LogP contribution in [-0.2, 0) is 22.4 Å². The molecule has 154 valence electrons. The van der Waals surface area contributed by atoms with Gasteiger partial charge in [-0.2, -0.15) is 0 Å². The second-order valence-electron chi connectivity index (χ2n) is 6.50. The van der Waals surface area contributed by atoms with Crippen LogP contribution in [0.3, 0.4) is 0 Å². The lowest BCUT2D eigenvalue weighted by atomic mass is 10.1. The maximum Gasteiger partial charge on any atom is 0.348 e. The van der Waals surface area contributed by atoms with Crippen LogP contribution in [0.5, 0.6) is 0 Å². The van der Waals surface area contributed by atoms with Gasteiger partial charge in [0.1, 0.15) is 10.7 Å². The van der Waals surface area contributed by atoms with Crippen molar-refractivity contribution in [2.45, 2.75) is 19.8 Å². The summed E-state index contributed by atoms with van der Waals surface area (Å²) >= 11 is 1.27. The quantitative estimate of drug-likeness (QED) is 0.409. The number of hydrogen-bond donors (Lipinski definition) is 2. The van der Waals surface area contributed by atoms with E-state index in [-0.39, 0.29) is 6.42 Å². The third kappa shape index (κ3) is 4.90. The Bertz CT molecular complexity index is 1090. The summed E-state index contributed by atoms with van der Waals surface area (Å²) in [4.78, 5) is 33.1. The average Bonchev–Trinajstić information content (AvgIpc) is 3.21. The summed E-state index contributed by atoms with van der Waals surface area (Å²) in [5.74, 6) is -0.129. The summed E-state index contributed by atoms with van der Waals surface area (Å²) in [6, 6.07) is 10.6. The van der Waals surface area contributed by atoms with Crippen molar-refractivity contribution < 1.29 is 19.4 Å². The number of benzene rings is 1. The standard InChI is InChI=1S/C22H21N3O4S/c1-4-5-16-13(2)23-21(17-10-11-18(30-17)22(28)29-3)25-20(16)24-15-8-6-14(7-9-15)12-19(26)27/h4,6-11H,1,5,12H2,2-3H3,(H,26,27)(H,23,24,25). The van der Waals surface area contributed by atoms with Crippen LogP contribution < -0.4 is 5.32 Å². The molecule has 8 heteroatoms. The Hall–Kier alpha value is -3.52. The predicted octanol–water partition coefficient (Wildman–Crippen LogP) is 4.40. The molecule has 0 fully saturated rings. The highest BCUT2D eigenvalue weighted by molar-refractivity contribution is 7.17. The van der Waals surface area contributed by atoms with Crippen molar-refractivity contribution in [1.82, 2.24) is 9.97 Å². The molecule has 0 spiro atoms. The van der Waals surface area contributed by atoms with Crippen LogP contribution in [-0.4, -0.2) is 34.1 Å². The van der Waals surface area contributed by atoms with Crippen molar-refractivity contribution in [1.29, 1.82) is 0 Å². The van der Waals surface area contributed by atoms with Gasteiger partial charge in [0.15, 0.2) is 5.82 Å². The fourth-order valence-electron chi connectivity index (χ4n) is 2.88. The summed E-state index contributed by atoms with van der Waals surface area (Å²) in [6.45, 7) is 5.71. The van der Waals surface area contributed by atoms with E-state index >= 15 is 0 Å². The number of allylic oxidation sites excluding steroid dienone is 1. The monoisotopic (exact) mass is 423 g/mol. The Kier molecular flexibility index (Phi) is 6.58. The topological polar surface area (TPSA) is 101 Å². The van der Waals surface area contributed by atoms with Gasteiger partial charge in [0, 0.05) is 16.9 Å². The third-order valence-electron chi connectivity index (χ3n) is 4.35. The second kappa shape index (κ2) is 9.32. The third-order valence-corrected chi connectivity index (χ3v) is 5.41. The van der Waals surface area contributed by atoms with Gasteiger partial charge in [0.25, 0.3) is 0 Å². The van der Waals surface area contributed by atoms with Gasteiger partial charge in [-0.25, -0.2) is 14.8 Å². The van der Waals surface area contributed by atoms with Gasteiger partial charge in [0.05, 0.1) is 18.4 Å². The van der Waals surface area contributed by atoms with E-state index in [1.807, 2.05) is 19.1 Å². The number of nitrogens with zero attached hydrogens (tertiary/aromatic N) is 2. The van der Waals surface area contributed by atoms with Crippen molar-refractivity contribution >= 4 is 34.8 Å². The average molecular weight is 423 g/mol. The first-order chi connectivity index (χ1) is 14.4. The van der Waals surface area contributed by atoms with E-state index in [0.29, 0.717) is 28.5 Å². The molecule has 0 unspecified atom stereocenters. The minimum atomic E-state index is -0.873. The fourth-order valence-corrected chi connectivity index (χ4v) is 3.74. The zero-order chi connectivity index (χ0) is 21.7. The van der Waals surface area contributed by atoms with Gasteiger partial charge < -0.3 is 15.2 Å². The van der Waals surface area contributed by atoms with Crippen molar-refractivity contribution in [2.24, 2.45) is 0 Å². The lowest BCUT2D eigenvalue weighted by Crippen LogP contribution is -2.05. The first-order valence-electron chi connectivity index (χ1n) is 9.16. The molecule has 0 bridgehead atoms. The van der Waals surface area contributed by atoms with E-state index in [0.717, 1.165) is 21.8 Å². The van der Waals surface area contributed by atoms with Crippen LogP contribution in [0.1, 0.15) is 26.5 Å². The van der Waals surface area contributed by atoms with E-state index in [2.05, 4.69) is 21.9 Å². The van der Waals surface area contributed by atoms with Crippen LogP contribution in [0.4, 0.5) is 11.5 Å². The SMILES string of the molecule is C=CCc1c(C)nc(-c2ccc(C(=O)OC)s2)nc1Nc1ccc(CC(=O)O)cc1. The summed E-state index contributed by atoms with van der Waals surface area (Å²) < 4.78 is 4.77. The molecule has 3 aromatic rings. The van der Waals surface area contributed by atoms with Gasteiger partial charge in [-0.05, 0) is 43.2 Å². The number of carboxylic acids is 1. The molecule has 0 aliphatic heterocycles. The number of thiophene rings is 1. The van der Waals surface area contributed by atoms with Crippen LogP contribution in [0.2, 0.25) is 0 Å². The van der Waals surface area contributed by atoms with E-state index in [4.69, 9.17) is 9.84 Å². The van der Waals surface area contributed by atoms with Gasteiger partial charge in [-0.1, -0.05) is 18.2 Å². The van der Waals surface area contributed by atoms with Crippen molar-refractivity contribution in [3.63, 3.8) is 0 Å². The molecule has 3 rings (SSSR count). The number of carbonyl (C=O) groups is 2. The van der Waals surface area contributed by atoms with Crippen LogP contribution >= 0.6 is 11.3 Å². The molecule has 0 atom stereocenters. The number of methoxy groups -OCH3 is 1. The zero-order valence-corrected chi connectivity index (χ0v) is 17.5. The molecule has 2 N–H and O–H groups in total. The number of aryl methyl sites for hydroxylation is 1. The Morgan fingerprint density at radius 2 is 1.93 bits per heavy atom. The van der Waals surface area contributed by atoms with Gasteiger partial charge in [-0.15, -0.1) is 17.9 Å². The molecule has 0 saturated heterocycles. The minimum absolute atomic E-state index is 0.0281. The number of carbonyl (C=O) groups excluding carboxylic acids is 1. The van der Waals surface area contributed by atoms with Crippen molar-refractivity contribution in [3.05, 3.63) is 70.8 Å². The van der Waals surface area contributed by atoms with Crippen molar-refractivity contribution in [2.75, 3.05) is 12.4 Å². The molecule has 0 amide bonds. The molecule has 0 aliphatic rings.